The van der Waals surface area contributed by atoms with Crippen molar-refractivity contribution in [2.45, 2.75) is 6.42 Å². The van der Waals surface area contributed by atoms with E-state index in [1.807, 2.05) is 48.7 Å². The number of rotatable bonds is 2. The topological polar surface area (TPSA) is 30.2 Å². The molecule has 2 aromatic heterocycles. The number of hydrogen-bond acceptors (Lipinski definition) is 2. The first kappa shape index (κ1) is 10.3. The maximum Gasteiger partial charge on any atom is 0.156 e. The van der Waals surface area contributed by atoms with Crippen LogP contribution in [-0.4, -0.2) is 14.6 Å². The Morgan fingerprint density at radius 2 is 2.06 bits per heavy atom. The van der Waals surface area contributed by atoms with Gasteiger partial charge in [0.2, 0.25) is 0 Å². The predicted molar refractivity (Wildman–Crippen MR) is 67.2 cm³/mol. The molecule has 0 N–H and O–H groups in total. The molecule has 0 saturated carbocycles. The molecular weight excluding hydrogens is 234 g/mol. The SMILES string of the molecule is Clc1cccc(Cc2nc3ccccn3n2)c1. The number of hydrogen-bond donors (Lipinski definition) is 0. The van der Waals surface area contributed by atoms with E-state index in [9.17, 15) is 0 Å². The number of nitrogens with zero attached hydrogens (tertiary/aromatic N) is 3. The maximum absolute atomic E-state index is 5.94. The van der Waals surface area contributed by atoms with Gasteiger partial charge in [0.05, 0.1) is 0 Å². The van der Waals surface area contributed by atoms with Crippen molar-refractivity contribution in [2.75, 3.05) is 0 Å². The second-order valence-electron chi connectivity index (χ2n) is 3.84. The molecular formula is C13H10ClN3. The second-order valence-corrected chi connectivity index (χ2v) is 4.27. The summed E-state index contributed by atoms with van der Waals surface area (Å²) in [5, 5.41) is 5.14. The zero-order valence-corrected chi connectivity index (χ0v) is 9.80. The van der Waals surface area contributed by atoms with Gasteiger partial charge in [0.25, 0.3) is 0 Å². The monoisotopic (exact) mass is 243 g/mol. The highest BCUT2D eigenvalue weighted by Crippen LogP contribution is 2.13. The third kappa shape index (κ3) is 2.15. The number of aromatic nitrogens is 3. The summed E-state index contributed by atoms with van der Waals surface area (Å²) < 4.78 is 1.78. The first-order valence-electron chi connectivity index (χ1n) is 5.36. The molecule has 0 aliphatic heterocycles. The molecule has 2 heterocycles. The second kappa shape index (κ2) is 4.18. The fraction of sp³-hybridized carbons (Fsp3) is 0.0769. The Morgan fingerprint density at radius 3 is 2.88 bits per heavy atom. The molecule has 0 spiro atoms. The lowest BCUT2D eigenvalue weighted by Gasteiger charge is -1.97. The van der Waals surface area contributed by atoms with E-state index in [2.05, 4.69) is 10.1 Å². The quantitative estimate of drug-likeness (QED) is 0.693. The molecule has 0 radical (unpaired) electrons. The normalized spacial score (nSPS) is 10.9. The fourth-order valence-electron chi connectivity index (χ4n) is 1.78. The van der Waals surface area contributed by atoms with Gasteiger partial charge in [-0.25, -0.2) is 9.50 Å². The van der Waals surface area contributed by atoms with E-state index in [0.29, 0.717) is 6.42 Å². The average molecular weight is 244 g/mol. The lowest BCUT2D eigenvalue weighted by molar-refractivity contribution is 0.900. The summed E-state index contributed by atoms with van der Waals surface area (Å²) in [7, 11) is 0. The Morgan fingerprint density at radius 1 is 1.12 bits per heavy atom. The molecule has 0 saturated heterocycles. The zero-order chi connectivity index (χ0) is 11.7. The number of fused-ring (bicyclic) bond motifs is 1. The van der Waals surface area contributed by atoms with Crippen LogP contribution in [0.25, 0.3) is 5.65 Å². The van der Waals surface area contributed by atoms with E-state index < -0.39 is 0 Å². The highest BCUT2D eigenvalue weighted by Gasteiger charge is 2.04. The summed E-state index contributed by atoms with van der Waals surface area (Å²) in [4.78, 5) is 4.45. The van der Waals surface area contributed by atoms with Crippen molar-refractivity contribution in [2.24, 2.45) is 0 Å². The smallest absolute Gasteiger partial charge is 0.156 e. The van der Waals surface area contributed by atoms with Crippen LogP contribution in [0, 0.1) is 0 Å². The molecule has 0 unspecified atom stereocenters. The fourth-order valence-corrected chi connectivity index (χ4v) is 1.99. The molecule has 0 fully saturated rings. The lowest BCUT2D eigenvalue weighted by Crippen LogP contribution is -1.91. The minimum atomic E-state index is 0.697. The van der Waals surface area contributed by atoms with Gasteiger partial charge in [0.15, 0.2) is 11.5 Å². The van der Waals surface area contributed by atoms with Crippen LogP contribution in [0.1, 0.15) is 11.4 Å². The van der Waals surface area contributed by atoms with Gasteiger partial charge < -0.3 is 0 Å². The van der Waals surface area contributed by atoms with Crippen LogP contribution in [0.5, 0.6) is 0 Å². The molecule has 1 aromatic carbocycles. The largest absolute Gasteiger partial charge is 0.221 e. The van der Waals surface area contributed by atoms with Gasteiger partial charge in [-0.1, -0.05) is 29.8 Å². The number of benzene rings is 1. The number of halogens is 1. The van der Waals surface area contributed by atoms with E-state index >= 15 is 0 Å². The summed E-state index contributed by atoms with van der Waals surface area (Å²) in [6.45, 7) is 0. The summed E-state index contributed by atoms with van der Waals surface area (Å²) in [6.07, 6.45) is 2.59. The Kier molecular flexibility index (Phi) is 2.53. The Hall–Kier alpha value is -1.87. The van der Waals surface area contributed by atoms with Gasteiger partial charge in [-0.3, -0.25) is 0 Å². The molecule has 3 rings (SSSR count). The van der Waals surface area contributed by atoms with E-state index in [0.717, 1.165) is 22.1 Å². The van der Waals surface area contributed by atoms with Crippen LogP contribution in [-0.2, 0) is 6.42 Å². The molecule has 0 atom stereocenters. The summed E-state index contributed by atoms with van der Waals surface area (Å²) >= 11 is 5.94. The Balaban J connectivity index is 1.94. The van der Waals surface area contributed by atoms with Crippen molar-refractivity contribution in [1.82, 2.24) is 14.6 Å². The van der Waals surface area contributed by atoms with Crippen molar-refractivity contribution < 1.29 is 0 Å². The van der Waals surface area contributed by atoms with Gasteiger partial charge in [0, 0.05) is 17.6 Å². The van der Waals surface area contributed by atoms with Crippen molar-refractivity contribution >= 4 is 17.2 Å². The Bertz CT molecular complexity index is 627. The summed E-state index contributed by atoms with van der Waals surface area (Å²) in [5.41, 5.74) is 1.98. The summed E-state index contributed by atoms with van der Waals surface area (Å²) in [5.74, 6) is 0.804. The molecule has 17 heavy (non-hydrogen) atoms. The maximum atomic E-state index is 5.94. The van der Waals surface area contributed by atoms with Crippen LogP contribution in [0.3, 0.4) is 0 Å². The van der Waals surface area contributed by atoms with E-state index in [1.54, 1.807) is 4.52 Å². The molecule has 0 bridgehead atoms. The summed E-state index contributed by atoms with van der Waals surface area (Å²) in [6, 6.07) is 13.6. The third-order valence-corrected chi connectivity index (χ3v) is 2.77. The van der Waals surface area contributed by atoms with Gasteiger partial charge in [-0.05, 0) is 29.8 Å². The van der Waals surface area contributed by atoms with Crippen LogP contribution in [0.15, 0.2) is 48.7 Å². The van der Waals surface area contributed by atoms with Crippen LogP contribution in [0.2, 0.25) is 5.02 Å². The van der Waals surface area contributed by atoms with E-state index in [1.165, 1.54) is 0 Å². The van der Waals surface area contributed by atoms with Crippen LogP contribution < -0.4 is 0 Å². The van der Waals surface area contributed by atoms with Crippen molar-refractivity contribution in [3.8, 4) is 0 Å². The molecule has 3 aromatic rings. The lowest BCUT2D eigenvalue weighted by atomic mass is 10.1. The van der Waals surface area contributed by atoms with Gasteiger partial charge >= 0.3 is 0 Å². The van der Waals surface area contributed by atoms with Crippen LogP contribution in [0.4, 0.5) is 0 Å². The predicted octanol–water partition coefficient (Wildman–Crippen LogP) is 2.97. The molecule has 4 heteroatoms. The van der Waals surface area contributed by atoms with E-state index in [-0.39, 0.29) is 0 Å². The molecule has 0 aliphatic rings. The molecule has 0 amide bonds. The zero-order valence-electron chi connectivity index (χ0n) is 9.05. The molecule has 3 nitrogen and oxygen atoms in total. The van der Waals surface area contributed by atoms with Crippen molar-refractivity contribution in [3.05, 3.63) is 65.1 Å². The number of pyridine rings is 1. The van der Waals surface area contributed by atoms with Gasteiger partial charge in [-0.2, -0.15) is 5.10 Å². The van der Waals surface area contributed by atoms with Gasteiger partial charge in [-0.15, -0.1) is 0 Å². The Labute approximate surface area is 104 Å². The minimum absolute atomic E-state index is 0.697. The highest BCUT2D eigenvalue weighted by atomic mass is 35.5. The minimum Gasteiger partial charge on any atom is -0.221 e. The molecule has 84 valence electrons. The van der Waals surface area contributed by atoms with Crippen molar-refractivity contribution in [3.63, 3.8) is 0 Å². The first-order chi connectivity index (χ1) is 8.31. The van der Waals surface area contributed by atoms with E-state index in [4.69, 9.17) is 11.6 Å². The molecule has 0 aliphatic carbocycles. The standard InChI is InChI=1S/C13H10ClN3/c14-11-5-3-4-10(8-11)9-12-15-13-6-1-2-7-17(13)16-12/h1-8H,9H2. The van der Waals surface area contributed by atoms with Crippen LogP contribution >= 0.6 is 11.6 Å². The third-order valence-electron chi connectivity index (χ3n) is 2.54. The average Bonchev–Trinajstić information content (AvgIpc) is 2.71. The first-order valence-corrected chi connectivity index (χ1v) is 5.74. The highest BCUT2D eigenvalue weighted by molar-refractivity contribution is 6.30. The van der Waals surface area contributed by atoms with Crippen molar-refractivity contribution in [1.29, 1.82) is 0 Å². The van der Waals surface area contributed by atoms with Gasteiger partial charge in [0.1, 0.15) is 0 Å².